The number of rotatable bonds is 5. The first-order valence-electron chi connectivity index (χ1n) is 5.48. The van der Waals surface area contributed by atoms with Crippen molar-refractivity contribution in [2.24, 2.45) is 0 Å². The molecule has 0 radical (unpaired) electrons. The third kappa shape index (κ3) is 3.83. The molecule has 1 fully saturated rings. The summed E-state index contributed by atoms with van der Waals surface area (Å²) in [6, 6.07) is -0.901. The van der Waals surface area contributed by atoms with Gasteiger partial charge in [-0.15, -0.1) is 0 Å². The first-order chi connectivity index (χ1) is 8.55. The number of alkyl halides is 3. The molecule has 0 aliphatic carbocycles. The minimum Gasteiger partial charge on any atom is -0.480 e. The molecule has 108 valence electrons. The van der Waals surface area contributed by atoms with Crippen molar-refractivity contribution in [3.05, 3.63) is 0 Å². The number of carboxylic acid groups (broad SMARTS) is 1. The van der Waals surface area contributed by atoms with Crippen molar-refractivity contribution < 1.29 is 32.7 Å². The molecule has 2 N–H and O–H groups in total. The molecule has 1 rings (SSSR count). The first-order valence-corrected chi connectivity index (χ1v) is 5.48. The van der Waals surface area contributed by atoms with Gasteiger partial charge in [0.1, 0.15) is 12.1 Å². The Labute approximate surface area is 106 Å². The van der Waals surface area contributed by atoms with Crippen LogP contribution in [0.15, 0.2) is 0 Å². The maximum atomic E-state index is 12.0. The highest BCUT2D eigenvalue weighted by atomic mass is 19.4. The summed E-state index contributed by atoms with van der Waals surface area (Å²) < 4.78 is 36.0. The van der Waals surface area contributed by atoms with E-state index in [1.165, 1.54) is 6.92 Å². The number of nitrogens with one attached hydrogen (secondary N) is 1. The molecular formula is C10H13F3N2O4. The third-order valence-electron chi connectivity index (χ3n) is 2.78. The largest absolute Gasteiger partial charge is 0.480 e. The zero-order chi connectivity index (χ0) is 14.8. The van der Waals surface area contributed by atoms with Gasteiger partial charge in [-0.25, -0.2) is 4.79 Å². The zero-order valence-electron chi connectivity index (χ0n) is 10.1. The number of aliphatic carboxylic acids is 1. The fraction of sp³-hybridized carbons (Fsp3) is 0.700. The fourth-order valence-electron chi connectivity index (χ4n) is 1.84. The summed E-state index contributed by atoms with van der Waals surface area (Å²) in [5.41, 5.74) is -1.47. The average Bonchev–Trinajstić information content (AvgIpc) is 2.40. The lowest BCUT2D eigenvalue weighted by Gasteiger charge is -2.21. The molecule has 0 saturated carbocycles. The van der Waals surface area contributed by atoms with Crippen LogP contribution in [-0.2, 0) is 9.59 Å². The van der Waals surface area contributed by atoms with Crippen molar-refractivity contribution in [3.63, 3.8) is 0 Å². The van der Waals surface area contributed by atoms with E-state index in [-0.39, 0.29) is 12.8 Å². The average molecular weight is 282 g/mol. The second kappa shape index (κ2) is 5.06. The van der Waals surface area contributed by atoms with E-state index in [0.29, 0.717) is 4.90 Å². The van der Waals surface area contributed by atoms with Gasteiger partial charge in [-0.1, -0.05) is 0 Å². The molecule has 1 aliphatic heterocycles. The number of nitrogens with zero attached hydrogens (tertiary/aromatic N) is 1. The smallest absolute Gasteiger partial charge is 0.389 e. The molecule has 1 aliphatic rings. The van der Waals surface area contributed by atoms with E-state index >= 15 is 0 Å². The van der Waals surface area contributed by atoms with Crippen LogP contribution in [0.2, 0.25) is 0 Å². The normalized spacial score (nSPS) is 23.7. The summed E-state index contributed by atoms with van der Waals surface area (Å²) in [6.07, 6.45) is -5.92. The summed E-state index contributed by atoms with van der Waals surface area (Å²) in [6.45, 7) is 0.477. The molecule has 1 unspecified atom stereocenters. The molecule has 1 heterocycles. The standard InChI is InChI=1S/C10H13F3N2O4/c1-9(3-2-4-10(11,12)13)7(18)15(5-6(16)17)8(19)14-9/h2-5H2,1H3,(H,14,19)(H,16,17). The van der Waals surface area contributed by atoms with Gasteiger partial charge in [0.25, 0.3) is 5.91 Å². The van der Waals surface area contributed by atoms with Crippen LogP contribution >= 0.6 is 0 Å². The van der Waals surface area contributed by atoms with E-state index < -0.39 is 42.6 Å². The van der Waals surface area contributed by atoms with E-state index in [2.05, 4.69) is 5.32 Å². The molecule has 1 saturated heterocycles. The molecule has 0 spiro atoms. The van der Waals surface area contributed by atoms with Crippen LogP contribution in [-0.4, -0.2) is 46.2 Å². The number of carboxylic acids is 1. The van der Waals surface area contributed by atoms with Gasteiger partial charge in [0.05, 0.1) is 0 Å². The van der Waals surface area contributed by atoms with Crippen LogP contribution in [0.4, 0.5) is 18.0 Å². The Bertz CT molecular complexity index is 410. The highest BCUT2D eigenvalue weighted by Gasteiger charge is 2.48. The van der Waals surface area contributed by atoms with Gasteiger partial charge in [0, 0.05) is 6.42 Å². The molecule has 0 aromatic heterocycles. The lowest BCUT2D eigenvalue weighted by atomic mass is 9.95. The molecule has 9 heteroatoms. The second-order valence-electron chi connectivity index (χ2n) is 4.52. The Morgan fingerprint density at radius 1 is 1.42 bits per heavy atom. The molecule has 19 heavy (non-hydrogen) atoms. The minimum atomic E-state index is -4.33. The molecule has 0 aromatic carbocycles. The monoisotopic (exact) mass is 282 g/mol. The van der Waals surface area contributed by atoms with Gasteiger partial charge in [-0.3, -0.25) is 14.5 Å². The van der Waals surface area contributed by atoms with Crippen LogP contribution in [0.5, 0.6) is 0 Å². The second-order valence-corrected chi connectivity index (χ2v) is 4.52. The van der Waals surface area contributed by atoms with Crippen LogP contribution in [0.3, 0.4) is 0 Å². The summed E-state index contributed by atoms with van der Waals surface area (Å²) in [4.78, 5) is 34.2. The summed E-state index contributed by atoms with van der Waals surface area (Å²) >= 11 is 0. The van der Waals surface area contributed by atoms with Gasteiger partial charge in [0.2, 0.25) is 0 Å². The van der Waals surface area contributed by atoms with E-state index in [4.69, 9.17) is 5.11 Å². The van der Waals surface area contributed by atoms with Crippen molar-refractivity contribution in [1.82, 2.24) is 10.2 Å². The van der Waals surface area contributed by atoms with Crippen molar-refractivity contribution in [1.29, 1.82) is 0 Å². The Balaban J connectivity index is 2.65. The number of urea groups is 1. The topological polar surface area (TPSA) is 86.7 Å². The van der Waals surface area contributed by atoms with Crippen molar-refractivity contribution in [3.8, 4) is 0 Å². The van der Waals surface area contributed by atoms with Gasteiger partial charge in [-0.2, -0.15) is 13.2 Å². The van der Waals surface area contributed by atoms with Crippen molar-refractivity contribution in [2.75, 3.05) is 6.54 Å². The van der Waals surface area contributed by atoms with E-state index in [1.807, 2.05) is 0 Å². The third-order valence-corrected chi connectivity index (χ3v) is 2.78. The predicted octanol–water partition coefficient (Wildman–Crippen LogP) is 1.11. The van der Waals surface area contributed by atoms with Gasteiger partial charge in [-0.05, 0) is 19.8 Å². The Morgan fingerprint density at radius 3 is 2.47 bits per heavy atom. The fourth-order valence-corrected chi connectivity index (χ4v) is 1.84. The van der Waals surface area contributed by atoms with E-state index in [9.17, 15) is 27.6 Å². The minimum absolute atomic E-state index is 0.201. The number of carbonyl (C=O) groups excluding carboxylic acids is 2. The van der Waals surface area contributed by atoms with Crippen LogP contribution in [0, 0.1) is 0 Å². The quantitative estimate of drug-likeness (QED) is 0.740. The first kappa shape index (κ1) is 15.3. The lowest BCUT2D eigenvalue weighted by Crippen LogP contribution is -2.44. The maximum absolute atomic E-state index is 12.0. The molecule has 0 aromatic rings. The Hall–Kier alpha value is -1.80. The number of hydrogen-bond donors (Lipinski definition) is 2. The SMILES string of the molecule is CC1(CCCC(F)(F)F)NC(=O)N(CC(=O)O)C1=O. The summed E-state index contributed by atoms with van der Waals surface area (Å²) in [5, 5.41) is 10.8. The zero-order valence-corrected chi connectivity index (χ0v) is 10.1. The molecular weight excluding hydrogens is 269 g/mol. The Kier molecular flexibility index (Phi) is 4.06. The summed E-state index contributed by atoms with van der Waals surface area (Å²) in [7, 11) is 0. The van der Waals surface area contributed by atoms with Crippen LogP contribution in [0.1, 0.15) is 26.2 Å². The van der Waals surface area contributed by atoms with Gasteiger partial charge < -0.3 is 10.4 Å². The Morgan fingerprint density at radius 2 is 2.00 bits per heavy atom. The lowest BCUT2D eigenvalue weighted by molar-refractivity contribution is -0.143. The number of hydrogen-bond acceptors (Lipinski definition) is 3. The van der Waals surface area contributed by atoms with Gasteiger partial charge >= 0.3 is 18.2 Å². The predicted molar refractivity (Wildman–Crippen MR) is 56.2 cm³/mol. The molecule has 3 amide bonds. The van der Waals surface area contributed by atoms with Crippen LogP contribution in [0.25, 0.3) is 0 Å². The van der Waals surface area contributed by atoms with Crippen LogP contribution < -0.4 is 5.32 Å². The highest BCUT2D eigenvalue weighted by Crippen LogP contribution is 2.28. The van der Waals surface area contributed by atoms with E-state index in [1.54, 1.807) is 0 Å². The number of carbonyl (C=O) groups is 3. The van der Waals surface area contributed by atoms with Gasteiger partial charge in [0.15, 0.2) is 0 Å². The summed E-state index contributed by atoms with van der Waals surface area (Å²) in [5.74, 6) is -2.19. The molecule has 1 atom stereocenters. The number of amides is 3. The number of halogens is 3. The van der Waals surface area contributed by atoms with Crippen molar-refractivity contribution in [2.45, 2.75) is 37.9 Å². The van der Waals surface area contributed by atoms with E-state index in [0.717, 1.165) is 0 Å². The van der Waals surface area contributed by atoms with Crippen molar-refractivity contribution >= 4 is 17.9 Å². The molecule has 0 bridgehead atoms. The highest BCUT2D eigenvalue weighted by molar-refractivity contribution is 6.08. The number of imide groups is 1. The molecule has 6 nitrogen and oxygen atoms in total. The maximum Gasteiger partial charge on any atom is 0.389 e.